The summed E-state index contributed by atoms with van der Waals surface area (Å²) in [5, 5.41) is 10.7. The third-order valence-corrected chi connectivity index (χ3v) is 2.65. The maximum Gasteiger partial charge on any atom is 0.170 e. The molecule has 2 N–H and O–H groups in total. The lowest BCUT2D eigenvalue weighted by molar-refractivity contribution is 0.687. The van der Waals surface area contributed by atoms with E-state index in [0.29, 0.717) is 5.11 Å². The van der Waals surface area contributed by atoms with Crippen LogP contribution in [0.1, 0.15) is 5.56 Å². The molecule has 0 bridgehead atoms. The third-order valence-electron chi connectivity index (χ3n) is 2.34. The van der Waals surface area contributed by atoms with Crippen LogP contribution in [0.25, 0.3) is 0 Å². The Balaban J connectivity index is 2.00. The smallest absolute Gasteiger partial charge is 0.170 e. The minimum atomic E-state index is 0.616. The zero-order valence-electron chi connectivity index (χ0n) is 9.55. The van der Waals surface area contributed by atoms with Gasteiger partial charge in [0.15, 0.2) is 5.11 Å². The summed E-state index contributed by atoms with van der Waals surface area (Å²) in [6, 6.07) is 10.0. The Hall–Kier alpha value is -1.88. The van der Waals surface area contributed by atoms with Gasteiger partial charge in [0.05, 0.1) is 6.54 Å². The molecule has 4 nitrogen and oxygen atoms in total. The third kappa shape index (κ3) is 3.29. The molecule has 1 heterocycles. The van der Waals surface area contributed by atoms with Gasteiger partial charge in [-0.3, -0.25) is 4.68 Å². The van der Waals surface area contributed by atoms with Crippen molar-refractivity contribution >= 4 is 23.0 Å². The van der Waals surface area contributed by atoms with Crippen molar-refractivity contribution in [3.8, 4) is 0 Å². The van der Waals surface area contributed by atoms with Crippen molar-refractivity contribution in [1.29, 1.82) is 0 Å². The Morgan fingerprint density at radius 2 is 2.12 bits per heavy atom. The fourth-order valence-electron chi connectivity index (χ4n) is 1.47. The van der Waals surface area contributed by atoms with Crippen LogP contribution >= 0.6 is 12.2 Å². The predicted molar refractivity (Wildman–Crippen MR) is 73.1 cm³/mol. The molecule has 17 heavy (non-hydrogen) atoms. The van der Waals surface area contributed by atoms with Gasteiger partial charge in [-0.15, -0.1) is 0 Å². The molecule has 0 saturated carbocycles. The average Bonchev–Trinajstić information content (AvgIpc) is 2.84. The minimum Gasteiger partial charge on any atom is -0.366 e. The maximum atomic E-state index is 5.03. The van der Waals surface area contributed by atoms with Gasteiger partial charge < -0.3 is 10.6 Å². The summed E-state index contributed by atoms with van der Waals surface area (Å²) in [6.45, 7) is 0.782. The van der Waals surface area contributed by atoms with E-state index in [4.69, 9.17) is 12.2 Å². The highest BCUT2D eigenvalue weighted by atomic mass is 32.1. The van der Waals surface area contributed by atoms with Gasteiger partial charge in [0.2, 0.25) is 0 Å². The zero-order valence-corrected chi connectivity index (χ0v) is 10.4. The number of benzene rings is 1. The quantitative estimate of drug-likeness (QED) is 0.811. The Kier molecular flexibility index (Phi) is 3.72. The summed E-state index contributed by atoms with van der Waals surface area (Å²) in [5.41, 5.74) is 2.18. The first-order valence-electron chi connectivity index (χ1n) is 5.33. The number of nitrogens with zero attached hydrogens (tertiary/aromatic N) is 2. The molecule has 2 rings (SSSR count). The summed E-state index contributed by atoms with van der Waals surface area (Å²) in [6.07, 6.45) is 3.73. The largest absolute Gasteiger partial charge is 0.366 e. The fourth-order valence-corrected chi connectivity index (χ4v) is 1.59. The first-order chi connectivity index (χ1) is 8.28. The Labute approximate surface area is 106 Å². The SMILES string of the molecule is CNC(=S)Nc1ccc(Cn2cccn2)cc1. The van der Waals surface area contributed by atoms with Crippen molar-refractivity contribution in [2.45, 2.75) is 6.54 Å². The van der Waals surface area contributed by atoms with E-state index in [-0.39, 0.29) is 0 Å². The van der Waals surface area contributed by atoms with Crippen molar-refractivity contribution in [1.82, 2.24) is 15.1 Å². The molecule has 0 amide bonds. The van der Waals surface area contributed by atoms with Gasteiger partial charge in [0.1, 0.15) is 0 Å². The molecule has 0 radical (unpaired) electrons. The normalized spacial score (nSPS) is 9.94. The van der Waals surface area contributed by atoms with Crippen molar-refractivity contribution in [2.75, 3.05) is 12.4 Å². The molecule has 0 atom stereocenters. The maximum absolute atomic E-state index is 5.03. The van der Waals surface area contributed by atoms with Crippen LogP contribution < -0.4 is 10.6 Å². The molecule has 2 aromatic rings. The van der Waals surface area contributed by atoms with E-state index in [1.54, 1.807) is 13.2 Å². The average molecular weight is 246 g/mol. The van der Waals surface area contributed by atoms with E-state index >= 15 is 0 Å². The van der Waals surface area contributed by atoms with Crippen molar-refractivity contribution in [3.05, 3.63) is 48.3 Å². The Morgan fingerprint density at radius 3 is 2.71 bits per heavy atom. The van der Waals surface area contributed by atoms with E-state index in [1.165, 1.54) is 5.56 Å². The van der Waals surface area contributed by atoms with Gasteiger partial charge >= 0.3 is 0 Å². The van der Waals surface area contributed by atoms with Crippen LogP contribution in [0.4, 0.5) is 5.69 Å². The van der Waals surface area contributed by atoms with Gasteiger partial charge in [-0.25, -0.2) is 0 Å². The second-order valence-electron chi connectivity index (χ2n) is 3.60. The minimum absolute atomic E-state index is 0.616. The van der Waals surface area contributed by atoms with Gasteiger partial charge in [0.25, 0.3) is 0 Å². The fraction of sp³-hybridized carbons (Fsp3) is 0.167. The molecule has 0 aliphatic heterocycles. The molecule has 5 heteroatoms. The lowest BCUT2D eigenvalue weighted by Crippen LogP contribution is -2.24. The standard InChI is InChI=1S/C12H14N4S/c1-13-12(17)15-11-5-3-10(4-6-11)9-16-8-2-7-14-16/h2-8H,9H2,1H3,(H2,13,15,17). The van der Waals surface area contributed by atoms with Crippen LogP contribution in [0.2, 0.25) is 0 Å². The molecule has 0 aliphatic rings. The summed E-state index contributed by atoms with van der Waals surface area (Å²) >= 11 is 5.03. The first-order valence-corrected chi connectivity index (χ1v) is 5.74. The molecular formula is C12H14N4S. The van der Waals surface area contributed by atoms with E-state index in [9.17, 15) is 0 Å². The highest BCUT2D eigenvalue weighted by Gasteiger charge is 1.97. The molecular weight excluding hydrogens is 232 g/mol. The van der Waals surface area contributed by atoms with E-state index in [2.05, 4.69) is 27.9 Å². The molecule has 0 fully saturated rings. The van der Waals surface area contributed by atoms with Crippen LogP contribution in [-0.2, 0) is 6.54 Å². The van der Waals surface area contributed by atoms with Crippen LogP contribution in [0.15, 0.2) is 42.7 Å². The van der Waals surface area contributed by atoms with Crippen LogP contribution in [0.5, 0.6) is 0 Å². The monoisotopic (exact) mass is 246 g/mol. The summed E-state index contributed by atoms with van der Waals surface area (Å²) < 4.78 is 1.89. The number of rotatable bonds is 3. The predicted octanol–water partition coefficient (Wildman–Crippen LogP) is 1.85. The summed E-state index contributed by atoms with van der Waals surface area (Å²) in [5.74, 6) is 0. The number of aromatic nitrogens is 2. The van der Waals surface area contributed by atoms with Crippen LogP contribution in [0, 0.1) is 0 Å². The van der Waals surface area contributed by atoms with Gasteiger partial charge in [-0.05, 0) is 36.0 Å². The summed E-state index contributed by atoms with van der Waals surface area (Å²) in [7, 11) is 1.79. The lowest BCUT2D eigenvalue weighted by Gasteiger charge is -2.08. The van der Waals surface area contributed by atoms with E-state index < -0.39 is 0 Å². The highest BCUT2D eigenvalue weighted by molar-refractivity contribution is 7.80. The molecule has 0 saturated heterocycles. The van der Waals surface area contributed by atoms with Gasteiger partial charge in [-0.2, -0.15) is 5.10 Å². The van der Waals surface area contributed by atoms with Crippen molar-refractivity contribution < 1.29 is 0 Å². The summed E-state index contributed by atoms with van der Waals surface area (Å²) in [4.78, 5) is 0. The zero-order chi connectivity index (χ0) is 12.1. The molecule has 0 unspecified atom stereocenters. The highest BCUT2D eigenvalue weighted by Crippen LogP contribution is 2.10. The lowest BCUT2D eigenvalue weighted by atomic mass is 10.2. The molecule has 0 spiro atoms. The van der Waals surface area contributed by atoms with Gasteiger partial charge in [0, 0.05) is 25.1 Å². The number of thiocarbonyl (C=S) groups is 1. The van der Waals surface area contributed by atoms with Gasteiger partial charge in [-0.1, -0.05) is 12.1 Å². The first kappa shape index (κ1) is 11.6. The Morgan fingerprint density at radius 1 is 1.35 bits per heavy atom. The number of anilines is 1. The second-order valence-corrected chi connectivity index (χ2v) is 4.01. The topological polar surface area (TPSA) is 41.9 Å². The Bertz CT molecular complexity index is 476. The number of nitrogens with one attached hydrogen (secondary N) is 2. The molecule has 1 aromatic carbocycles. The number of hydrogen-bond donors (Lipinski definition) is 2. The molecule has 88 valence electrons. The van der Waals surface area contributed by atoms with Crippen molar-refractivity contribution in [3.63, 3.8) is 0 Å². The van der Waals surface area contributed by atoms with Crippen LogP contribution in [0.3, 0.4) is 0 Å². The second kappa shape index (κ2) is 5.45. The van der Waals surface area contributed by atoms with E-state index in [0.717, 1.165) is 12.2 Å². The molecule has 1 aromatic heterocycles. The van der Waals surface area contributed by atoms with E-state index in [1.807, 2.05) is 29.1 Å². The van der Waals surface area contributed by atoms with Crippen LogP contribution in [-0.4, -0.2) is 21.9 Å². The van der Waals surface area contributed by atoms with Crippen molar-refractivity contribution in [2.24, 2.45) is 0 Å². The number of hydrogen-bond acceptors (Lipinski definition) is 2. The molecule has 0 aliphatic carbocycles.